The Morgan fingerprint density at radius 2 is 2.20 bits per heavy atom. The van der Waals surface area contributed by atoms with E-state index in [0.29, 0.717) is 0 Å². The van der Waals surface area contributed by atoms with Crippen molar-refractivity contribution in [3.8, 4) is 0 Å². The van der Waals surface area contributed by atoms with Crippen molar-refractivity contribution in [3.63, 3.8) is 0 Å². The zero-order valence-electron chi connectivity index (χ0n) is 7.11. The highest BCUT2D eigenvalue weighted by atomic mass is 16.4. The molecule has 0 radical (unpaired) electrons. The molecule has 0 aromatic rings. The van der Waals surface area contributed by atoms with Crippen LogP contribution in [-0.4, -0.2) is 13.4 Å². The maximum atomic E-state index is 4.70. The summed E-state index contributed by atoms with van der Waals surface area (Å²) in [6, 6.07) is 0. The third-order valence-electron chi connectivity index (χ3n) is 1.57. The predicted octanol–water partition coefficient (Wildman–Crippen LogP) is 2.25. The van der Waals surface area contributed by atoms with Crippen molar-refractivity contribution in [2.75, 3.05) is 7.11 Å². The van der Waals surface area contributed by atoms with Crippen LogP contribution in [0.1, 0.15) is 26.7 Å². The van der Waals surface area contributed by atoms with Crippen LogP contribution < -0.4 is 0 Å². The van der Waals surface area contributed by atoms with E-state index in [-0.39, 0.29) is 5.41 Å². The second-order valence-electron chi connectivity index (χ2n) is 3.04. The molecule has 1 heteroatoms. The Hall–Kier alpha value is -0.590. The van der Waals surface area contributed by atoms with Crippen molar-refractivity contribution in [1.29, 1.82) is 0 Å². The zero-order chi connectivity index (χ0) is 8.04. The van der Waals surface area contributed by atoms with Crippen LogP contribution >= 0.6 is 0 Å². The molecule has 0 rings (SSSR count). The molecule has 0 aromatic carbocycles. The molecule has 0 saturated carbocycles. The highest BCUT2D eigenvalue weighted by Gasteiger charge is 2.09. The van der Waals surface area contributed by atoms with Gasteiger partial charge in [-0.2, -0.15) is 0 Å². The fourth-order valence-electron chi connectivity index (χ4n) is 0.577. The van der Waals surface area contributed by atoms with Crippen LogP contribution in [0.15, 0.2) is 12.7 Å². The molecule has 0 N–H and O–H groups in total. The first kappa shape index (κ1) is 9.41. The maximum Gasteiger partial charge on any atom is 0.208 e. The Morgan fingerprint density at radius 1 is 1.60 bits per heavy atom. The van der Waals surface area contributed by atoms with Gasteiger partial charge in [0, 0.05) is 0 Å². The van der Waals surface area contributed by atoms with E-state index in [4.69, 9.17) is 4.42 Å². The van der Waals surface area contributed by atoms with Crippen LogP contribution in [0.3, 0.4) is 0 Å². The minimum atomic E-state index is 0.214. The van der Waals surface area contributed by atoms with Crippen LogP contribution in [0, 0.1) is 5.41 Å². The molecule has 0 bridgehead atoms. The van der Waals surface area contributed by atoms with Gasteiger partial charge in [0.15, 0.2) is 0 Å². The maximum absolute atomic E-state index is 4.70. The van der Waals surface area contributed by atoms with Gasteiger partial charge in [0.2, 0.25) is 7.11 Å². The smallest absolute Gasteiger partial charge is 0.208 e. The summed E-state index contributed by atoms with van der Waals surface area (Å²) in [5.41, 5.74) is 0.214. The molecule has 1 nitrogen and oxygen atoms in total. The Balaban J connectivity index is 3.56. The SMILES string of the molecule is C=CC(C)(C)CC[C-]=[O+]C. The van der Waals surface area contributed by atoms with Crippen molar-refractivity contribution < 1.29 is 4.42 Å². The second kappa shape index (κ2) is 4.26. The van der Waals surface area contributed by atoms with Crippen LogP contribution in [0.25, 0.3) is 0 Å². The van der Waals surface area contributed by atoms with Gasteiger partial charge in [-0.1, -0.05) is 32.8 Å². The summed E-state index contributed by atoms with van der Waals surface area (Å²) in [5.74, 6) is 0. The van der Waals surface area contributed by atoms with Crippen molar-refractivity contribution in [2.24, 2.45) is 5.41 Å². The van der Waals surface area contributed by atoms with E-state index in [1.54, 1.807) is 7.11 Å². The van der Waals surface area contributed by atoms with E-state index in [9.17, 15) is 0 Å². The van der Waals surface area contributed by atoms with Crippen LogP contribution in [0.5, 0.6) is 0 Å². The van der Waals surface area contributed by atoms with Crippen molar-refractivity contribution in [3.05, 3.63) is 12.7 Å². The molecular formula is C9H16O. The average Bonchev–Trinajstić information content (AvgIpc) is 1.89. The van der Waals surface area contributed by atoms with Gasteiger partial charge in [0.05, 0.1) is 0 Å². The van der Waals surface area contributed by atoms with Gasteiger partial charge in [-0.05, 0) is 11.7 Å². The number of rotatable bonds is 4. The lowest BCUT2D eigenvalue weighted by Crippen LogP contribution is -2.06. The highest BCUT2D eigenvalue weighted by molar-refractivity contribution is 5.51. The molecular weight excluding hydrogens is 124 g/mol. The van der Waals surface area contributed by atoms with E-state index >= 15 is 0 Å². The predicted molar refractivity (Wildman–Crippen MR) is 44.8 cm³/mol. The fourth-order valence-corrected chi connectivity index (χ4v) is 0.577. The van der Waals surface area contributed by atoms with Gasteiger partial charge in [-0.25, -0.2) is 0 Å². The summed E-state index contributed by atoms with van der Waals surface area (Å²) in [5, 5.41) is 0. The normalized spacial score (nSPS) is 12.3. The largest absolute Gasteiger partial charge is 0.459 e. The summed E-state index contributed by atoms with van der Waals surface area (Å²) in [6.07, 6.45) is 6.67. The Kier molecular flexibility index (Phi) is 4.01. The van der Waals surface area contributed by atoms with Crippen LogP contribution in [0.4, 0.5) is 0 Å². The molecule has 0 heterocycles. The van der Waals surface area contributed by atoms with Crippen molar-refractivity contribution >= 4 is 6.29 Å². The topological polar surface area (TPSA) is 11.3 Å². The average molecular weight is 140 g/mol. The summed E-state index contributed by atoms with van der Waals surface area (Å²) in [6.45, 7) is 8.04. The number of hydrogen-bond donors (Lipinski definition) is 0. The van der Waals surface area contributed by atoms with E-state index in [1.807, 2.05) is 6.08 Å². The molecule has 0 spiro atoms. The third kappa shape index (κ3) is 4.30. The first-order valence-corrected chi connectivity index (χ1v) is 3.52. The van der Waals surface area contributed by atoms with Gasteiger partial charge in [-0.15, -0.1) is 6.58 Å². The summed E-state index contributed by atoms with van der Waals surface area (Å²) >= 11 is 0. The molecule has 58 valence electrons. The number of allylic oxidation sites excluding steroid dienone is 1. The Labute approximate surface area is 63.5 Å². The minimum Gasteiger partial charge on any atom is -0.459 e. The quantitative estimate of drug-likeness (QED) is 0.322. The van der Waals surface area contributed by atoms with Crippen molar-refractivity contribution in [2.45, 2.75) is 26.7 Å². The molecule has 10 heavy (non-hydrogen) atoms. The first-order chi connectivity index (χ1) is 4.62. The Morgan fingerprint density at radius 3 is 2.60 bits per heavy atom. The van der Waals surface area contributed by atoms with Gasteiger partial charge in [-0.3, -0.25) is 0 Å². The standard InChI is InChI=1S/C9H16O/c1-5-9(2,3)7-6-8-10-4/h5H,1,6-7H2,2-4H3. The Bertz CT molecular complexity index is 123. The van der Waals surface area contributed by atoms with E-state index in [2.05, 4.69) is 26.7 Å². The summed E-state index contributed by atoms with van der Waals surface area (Å²) in [7, 11) is 1.63. The summed E-state index contributed by atoms with van der Waals surface area (Å²) in [4.78, 5) is 0. The molecule has 0 aliphatic carbocycles. The van der Waals surface area contributed by atoms with E-state index < -0.39 is 0 Å². The van der Waals surface area contributed by atoms with Crippen LogP contribution in [-0.2, 0) is 4.42 Å². The van der Waals surface area contributed by atoms with Gasteiger partial charge >= 0.3 is 0 Å². The molecule has 0 saturated heterocycles. The lowest BCUT2D eigenvalue weighted by Gasteiger charge is -2.18. The highest BCUT2D eigenvalue weighted by Crippen LogP contribution is 2.21. The molecule has 0 aliphatic rings. The van der Waals surface area contributed by atoms with Crippen molar-refractivity contribution in [1.82, 2.24) is 0 Å². The lowest BCUT2D eigenvalue weighted by molar-refractivity contribution is 0.179. The summed E-state index contributed by atoms with van der Waals surface area (Å²) < 4.78 is 4.70. The molecule has 0 unspecified atom stereocenters. The number of hydrogen-bond acceptors (Lipinski definition) is 0. The molecule has 0 aromatic heterocycles. The van der Waals surface area contributed by atoms with Crippen LogP contribution in [0.2, 0.25) is 0 Å². The zero-order valence-corrected chi connectivity index (χ0v) is 7.11. The second-order valence-corrected chi connectivity index (χ2v) is 3.04. The van der Waals surface area contributed by atoms with Gasteiger partial charge in [0.1, 0.15) is 0 Å². The minimum absolute atomic E-state index is 0.214. The first-order valence-electron chi connectivity index (χ1n) is 3.52. The molecule has 0 fully saturated rings. The molecule has 0 atom stereocenters. The fraction of sp³-hybridized carbons (Fsp3) is 0.667. The number of carbonyl (C=O) groups excluding carboxylic acids is 1. The monoisotopic (exact) mass is 140 g/mol. The van der Waals surface area contributed by atoms with E-state index in [1.165, 1.54) is 0 Å². The third-order valence-corrected chi connectivity index (χ3v) is 1.57. The lowest BCUT2D eigenvalue weighted by atomic mass is 9.88. The molecule has 0 amide bonds. The molecule has 0 aliphatic heterocycles. The van der Waals surface area contributed by atoms with Gasteiger partial charge < -0.3 is 4.42 Å². The van der Waals surface area contributed by atoms with Gasteiger partial charge in [0.25, 0.3) is 0 Å². The van der Waals surface area contributed by atoms with E-state index in [0.717, 1.165) is 12.8 Å².